The van der Waals surface area contributed by atoms with Crippen LogP contribution in [-0.2, 0) is 24.3 Å². The molecule has 2 aliphatic carbocycles. The fraction of sp³-hybridized carbons (Fsp3) is 0.574. The lowest BCUT2D eigenvalue weighted by Crippen LogP contribution is -2.61. The van der Waals surface area contributed by atoms with Gasteiger partial charge < -0.3 is 34.7 Å². The van der Waals surface area contributed by atoms with E-state index in [2.05, 4.69) is 15.4 Å². The van der Waals surface area contributed by atoms with E-state index in [9.17, 15) is 36.7 Å². The topological polar surface area (TPSA) is 195 Å². The second-order valence-corrected chi connectivity index (χ2v) is 20.7. The van der Waals surface area contributed by atoms with Crippen molar-refractivity contribution >= 4 is 38.8 Å². The molecule has 7 unspecified atom stereocenters. The number of methoxy groups -OCH3 is 1. The zero-order valence-electron chi connectivity index (χ0n) is 37.9. The summed E-state index contributed by atoms with van der Waals surface area (Å²) >= 11 is 0. The number of benzene rings is 2. The quantitative estimate of drug-likeness (QED) is 0.142. The first-order chi connectivity index (χ1) is 30.6. The molecule has 0 bridgehead atoms. The number of alkyl carbamates (subject to hydrolysis) is 1. The average molecular weight is 926 g/mol. The highest BCUT2D eigenvalue weighted by Gasteiger charge is 2.62. The first kappa shape index (κ1) is 47.9. The number of ether oxygens (including phenoxy) is 4. The first-order valence-corrected chi connectivity index (χ1v) is 23.9. The van der Waals surface area contributed by atoms with E-state index in [0.717, 1.165) is 19.4 Å². The molecular formula is C47H61F2N5O10S. The first-order valence-electron chi connectivity index (χ1n) is 22.4. The van der Waals surface area contributed by atoms with Gasteiger partial charge in [-0.05, 0) is 109 Å². The van der Waals surface area contributed by atoms with Gasteiger partial charge in [0.15, 0.2) is 5.60 Å². The van der Waals surface area contributed by atoms with Crippen molar-refractivity contribution in [3.05, 3.63) is 60.7 Å². The molecule has 65 heavy (non-hydrogen) atoms. The summed E-state index contributed by atoms with van der Waals surface area (Å²) in [6.45, 7) is 8.45. The molecule has 3 fully saturated rings. The summed E-state index contributed by atoms with van der Waals surface area (Å²) in [7, 11) is -2.41. The van der Waals surface area contributed by atoms with Crippen LogP contribution in [0.3, 0.4) is 0 Å². The van der Waals surface area contributed by atoms with Gasteiger partial charge in [-0.1, -0.05) is 25.5 Å². The third-order valence-electron chi connectivity index (χ3n) is 13.0. The molecule has 7 atom stereocenters. The zero-order chi connectivity index (χ0) is 47.1. The van der Waals surface area contributed by atoms with Crippen molar-refractivity contribution in [1.29, 1.82) is 0 Å². The summed E-state index contributed by atoms with van der Waals surface area (Å²) in [4.78, 5) is 48.5. The van der Waals surface area contributed by atoms with Gasteiger partial charge in [-0.15, -0.1) is 0 Å². The zero-order valence-corrected chi connectivity index (χ0v) is 38.8. The summed E-state index contributed by atoms with van der Waals surface area (Å²) in [6.07, 6.45) is 3.64. The number of halogens is 2. The van der Waals surface area contributed by atoms with Crippen LogP contribution in [0.15, 0.2) is 60.7 Å². The maximum absolute atomic E-state index is 14.8. The second kappa shape index (κ2) is 18.7. The van der Waals surface area contributed by atoms with E-state index in [-0.39, 0.29) is 25.5 Å². The van der Waals surface area contributed by atoms with Crippen molar-refractivity contribution in [2.75, 3.05) is 13.7 Å². The third kappa shape index (κ3) is 10.8. The number of hydrogen-bond donors (Lipinski definition) is 4. The second-order valence-electron chi connectivity index (χ2n) is 18.8. The number of aliphatic hydroxyl groups is 1. The average Bonchev–Trinajstić information content (AvgIpc) is 4.16. The molecule has 3 aromatic rings. The van der Waals surface area contributed by atoms with E-state index in [0.29, 0.717) is 79.3 Å². The fourth-order valence-corrected chi connectivity index (χ4v) is 9.86. The highest BCUT2D eigenvalue weighted by Crippen LogP contribution is 2.46. The van der Waals surface area contributed by atoms with Crippen LogP contribution in [0.5, 0.6) is 17.2 Å². The summed E-state index contributed by atoms with van der Waals surface area (Å²) in [6, 6.07) is 12.3. The maximum Gasteiger partial charge on any atom is 0.408 e. The lowest BCUT2D eigenvalue weighted by molar-refractivity contribution is -0.152. The molecule has 2 saturated carbocycles. The molecule has 3 amide bonds. The van der Waals surface area contributed by atoms with E-state index in [1.165, 1.54) is 4.90 Å². The van der Waals surface area contributed by atoms with E-state index in [4.69, 9.17) is 23.9 Å². The molecule has 1 saturated heterocycles. The Bertz CT molecular complexity index is 2390. The van der Waals surface area contributed by atoms with Gasteiger partial charge in [0.1, 0.15) is 35.1 Å². The third-order valence-corrected chi connectivity index (χ3v) is 14.8. The molecule has 0 spiro atoms. The van der Waals surface area contributed by atoms with Crippen LogP contribution in [-0.4, -0.2) is 108 Å². The van der Waals surface area contributed by atoms with Crippen LogP contribution in [0.2, 0.25) is 0 Å². The van der Waals surface area contributed by atoms with Gasteiger partial charge in [0, 0.05) is 48.9 Å². The van der Waals surface area contributed by atoms with Crippen LogP contribution in [0.1, 0.15) is 92.9 Å². The summed E-state index contributed by atoms with van der Waals surface area (Å²) in [5.41, 5.74) is -1.88. The highest BCUT2D eigenvalue weighted by molar-refractivity contribution is 7.91. The van der Waals surface area contributed by atoms with Crippen LogP contribution < -0.4 is 29.6 Å². The van der Waals surface area contributed by atoms with Crippen LogP contribution in [0.25, 0.3) is 22.2 Å². The Morgan fingerprint density at radius 3 is 2.40 bits per heavy atom. The Morgan fingerprint density at radius 1 is 1.03 bits per heavy atom. The van der Waals surface area contributed by atoms with Crippen LogP contribution in [0, 0.1) is 11.8 Å². The molecular weight excluding hydrogens is 865 g/mol. The van der Waals surface area contributed by atoms with Gasteiger partial charge >= 0.3 is 6.09 Å². The van der Waals surface area contributed by atoms with Crippen LogP contribution >= 0.6 is 0 Å². The molecule has 4 aliphatic rings. The van der Waals surface area contributed by atoms with Crippen molar-refractivity contribution in [2.24, 2.45) is 11.8 Å². The number of alkyl halides is 2. The minimum Gasteiger partial charge on any atom is -0.497 e. The minimum absolute atomic E-state index is 0.0152. The number of pyridine rings is 1. The number of sulfonamides is 1. The van der Waals surface area contributed by atoms with Gasteiger partial charge in [-0.2, -0.15) is 0 Å². The Labute approximate surface area is 379 Å². The van der Waals surface area contributed by atoms with Gasteiger partial charge in [0.05, 0.1) is 41.8 Å². The summed E-state index contributed by atoms with van der Waals surface area (Å²) < 4.78 is 80.6. The van der Waals surface area contributed by atoms with Gasteiger partial charge in [0.25, 0.3) is 11.8 Å². The van der Waals surface area contributed by atoms with Gasteiger partial charge in [-0.3, -0.25) is 19.2 Å². The Morgan fingerprint density at radius 2 is 1.74 bits per heavy atom. The van der Waals surface area contributed by atoms with Gasteiger partial charge in [-0.25, -0.2) is 27.0 Å². The highest BCUT2D eigenvalue weighted by atomic mass is 32.2. The number of fused-ring (bicyclic) bond motifs is 3. The number of allylic oxidation sites excluding steroid dienone is 1. The SMILES string of the molecule is COc1ccc2c(OC3CC4C(=O)NC5(C(=O)NS(=O)(=O)C6CC6)CC5C=CCCCCC(C)C(NC(=O)OC(C)(C)C(C)(F)F)C(O)N4C3)cc(-c3ccc(OC(C)C)cc3)nc2c1. The van der Waals surface area contributed by atoms with E-state index >= 15 is 0 Å². The molecule has 354 valence electrons. The number of amides is 3. The standard InChI is InChI=1S/C47H61F2N5O10S/c1-27(2)62-31-16-14-29(15-17-31)36-24-39(35-21-18-32(61-7)22-37(35)50-36)63-33-23-38-41(55)52-47(43(57)53-65(59,60)34-19-20-34)25-30(47)13-11-9-8-10-12-28(3)40(42(56)54(38)26-33)51-44(58)64-45(4,5)46(6,48)49/h11,13-18,21-22,24,27-28,30,33-34,38,40,42,56H,8-10,12,19-20,23,25-26H2,1-7H3,(H,51,58)(H,52,55)(H,53,57). The number of rotatable bonds is 12. The van der Waals surface area contributed by atoms with Crippen molar-refractivity contribution in [1.82, 2.24) is 25.2 Å². The van der Waals surface area contributed by atoms with E-state index in [1.54, 1.807) is 25.3 Å². The number of hydrogen-bond acceptors (Lipinski definition) is 12. The normalized spacial score (nSPS) is 26.8. The summed E-state index contributed by atoms with van der Waals surface area (Å²) in [5.74, 6) is -4.18. The molecule has 7 rings (SSSR count). The van der Waals surface area contributed by atoms with Crippen LogP contribution in [0.4, 0.5) is 13.6 Å². The Kier molecular flexibility index (Phi) is 13.7. The Balaban J connectivity index is 1.24. The smallest absolute Gasteiger partial charge is 0.408 e. The van der Waals surface area contributed by atoms with E-state index in [1.807, 2.05) is 63.3 Å². The maximum atomic E-state index is 14.8. The number of nitrogens with zero attached hydrogens (tertiary/aromatic N) is 2. The minimum atomic E-state index is -3.96. The molecule has 0 radical (unpaired) electrons. The molecule has 1 aromatic heterocycles. The fourth-order valence-electron chi connectivity index (χ4n) is 8.50. The molecule has 3 heterocycles. The molecule has 4 N–H and O–H groups in total. The number of nitrogens with one attached hydrogen (secondary N) is 3. The number of carbonyl (C=O) groups excluding carboxylic acids is 3. The van der Waals surface area contributed by atoms with Crippen molar-refractivity contribution in [2.45, 2.75) is 146 Å². The van der Waals surface area contributed by atoms with Crippen molar-refractivity contribution < 1.29 is 55.6 Å². The predicted molar refractivity (Wildman–Crippen MR) is 239 cm³/mol. The van der Waals surface area contributed by atoms with Gasteiger partial charge in [0.2, 0.25) is 15.9 Å². The number of aliphatic hydroxyl groups excluding tert-OH is 1. The number of carbonyl (C=O) groups is 3. The predicted octanol–water partition coefficient (Wildman–Crippen LogP) is 6.62. The Hall–Kier alpha value is -5.07. The molecule has 15 nitrogen and oxygen atoms in total. The lowest BCUT2D eigenvalue weighted by Gasteiger charge is -2.38. The lowest BCUT2D eigenvalue weighted by atomic mass is 9.93. The number of aromatic nitrogens is 1. The molecule has 2 aliphatic heterocycles. The monoisotopic (exact) mass is 925 g/mol. The summed E-state index contributed by atoms with van der Waals surface area (Å²) in [5, 5.41) is 17.9. The molecule has 18 heteroatoms. The largest absolute Gasteiger partial charge is 0.497 e. The van der Waals surface area contributed by atoms with E-state index < -0.39 is 86.5 Å². The molecule has 2 aromatic carbocycles. The van der Waals surface area contributed by atoms with Crippen molar-refractivity contribution in [3.8, 4) is 28.5 Å². The van der Waals surface area contributed by atoms with Crippen molar-refractivity contribution in [3.63, 3.8) is 0 Å².